The van der Waals surface area contributed by atoms with Crippen molar-refractivity contribution in [2.75, 3.05) is 5.32 Å². The topological polar surface area (TPSA) is 95.5 Å². The number of para-hydroxylation sites is 1. The summed E-state index contributed by atoms with van der Waals surface area (Å²) in [6.45, 7) is 0. The number of carbonyl (C=O) groups excluding carboxylic acids is 2. The monoisotopic (exact) mass is 516 g/mol. The summed E-state index contributed by atoms with van der Waals surface area (Å²) in [5, 5.41) is 14.4. The minimum atomic E-state index is -4.78. The quantitative estimate of drug-likeness (QED) is 0.406. The second-order valence-corrected chi connectivity index (χ2v) is 8.42. The van der Waals surface area contributed by atoms with Crippen LogP contribution in [0.4, 0.5) is 32.0 Å². The zero-order valence-electron chi connectivity index (χ0n) is 18.6. The Hall–Kier alpha value is -3.57. The molecule has 2 amide bonds. The van der Waals surface area contributed by atoms with Gasteiger partial charge in [-0.1, -0.05) is 42.5 Å². The Balaban J connectivity index is 1.95. The summed E-state index contributed by atoms with van der Waals surface area (Å²) >= 11 is 0. The van der Waals surface area contributed by atoms with Crippen LogP contribution in [-0.2, 0) is 14.4 Å². The van der Waals surface area contributed by atoms with Crippen molar-refractivity contribution in [2.24, 2.45) is 11.8 Å². The third-order valence-electron chi connectivity index (χ3n) is 5.91. The van der Waals surface area contributed by atoms with Crippen molar-refractivity contribution in [3.63, 3.8) is 0 Å². The van der Waals surface area contributed by atoms with Gasteiger partial charge in [0.15, 0.2) is 0 Å². The maximum atomic E-state index is 13.1. The molecule has 0 spiro atoms. The minimum Gasteiger partial charge on any atom is -0.481 e. The molecule has 0 saturated carbocycles. The van der Waals surface area contributed by atoms with E-state index in [1.54, 1.807) is 42.5 Å². The van der Waals surface area contributed by atoms with Gasteiger partial charge in [-0.05, 0) is 30.0 Å². The van der Waals surface area contributed by atoms with Crippen LogP contribution >= 0.6 is 0 Å². The number of carbonyl (C=O) groups is 3. The van der Waals surface area contributed by atoms with E-state index >= 15 is 0 Å². The number of hydrogen-bond donors (Lipinski definition) is 3. The van der Waals surface area contributed by atoms with Crippen molar-refractivity contribution in [3.8, 4) is 11.1 Å². The largest absolute Gasteiger partial charge is 0.481 e. The molecule has 2 unspecified atom stereocenters. The fraction of sp³-hybridized carbons (Fsp3) is 0.375. The van der Waals surface area contributed by atoms with Crippen LogP contribution in [0, 0.1) is 11.8 Å². The summed E-state index contributed by atoms with van der Waals surface area (Å²) in [5.41, 5.74) is 1.86. The van der Waals surface area contributed by atoms with Crippen molar-refractivity contribution in [1.29, 1.82) is 0 Å². The molecule has 0 aromatic heterocycles. The smallest absolute Gasteiger partial charge is 0.389 e. The molecule has 6 nitrogen and oxygen atoms in total. The summed E-state index contributed by atoms with van der Waals surface area (Å²) in [6, 6.07) is 11.7. The number of fused-ring (bicyclic) bond motifs is 3. The van der Waals surface area contributed by atoms with Gasteiger partial charge in [0.2, 0.25) is 5.91 Å². The SMILES string of the molecule is O=C(O)C(CCC(F)(F)F)C(CCC(F)(F)F)C(=O)N[C@@H]1C(=O)Nc2ccccc2-c2ccccc21. The molecule has 194 valence electrons. The molecule has 0 fully saturated rings. The van der Waals surface area contributed by atoms with E-state index in [0.29, 0.717) is 22.4 Å². The van der Waals surface area contributed by atoms with Gasteiger partial charge in [-0.15, -0.1) is 0 Å². The van der Waals surface area contributed by atoms with Crippen LogP contribution < -0.4 is 10.6 Å². The molecule has 3 N–H and O–H groups in total. The van der Waals surface area contributed by atoms with Crippen LogP contribution in [-0.4, -0.2) is 35.2 Å². The van der Waals surface area contributed by atoms with Crippen molar-refractivity contribution < 1.29 is 45.8 Å². The number of rotatable bonds is 8. The number of amides is 2. The molecule has 2 aromatic carbocycles. The molecule has 0 radical (unpaired) electrons. The van der Waals surface area contributed by atoms with E-state index < -0.39 is 73.7 Å². The standard InChI is InChI=1S/C24H22F6N2O4/c25-23(26,27)11-9-16(17(22(35)36)10-12-24(28,29)30)20(33)32-19-15-7-2-1-5-13(15)14-6-3-4-8-18(14)31-21(19)34/h1-8,16-17,19H,9-12H2,(H,31,34)(H,32,33)(H,35,36)/t16?,17?,19-/m0/s1. The van der Waals surface area contributed by atoms with Crippen molar-refractivity contribution in [3.05, 3.63) is 54.1 Å². The molecule has 3 rings (SSSR count). The minimum absolute atomic E-state index is 0.296. The lowest BCUT2D eigenvalue weighted by Gasteiger charge is -2.27. The Morgan fingerprint density at radius 3 is 1.97 bits per heavy atom. The Morgan fingerprint density at radius 1 is 0.861 bits per heavy atom. The number of benzene rings is 2. The highest BCUT2D eigenvalue weighted by atomic mass is 19.4. The van der Waals surface area contributed by atoms with Gasteiger partial charge in [-0.3, -0.25) is 14.4 Å². The normalized spacial score (nSPS) is 17.2. The fourth-order valence-corrected chi connectivity index (χ4v) is 4.21. The molecule has 0 aliphatic carbocycles. The number of anilines is 1. The predicted molar refractivity (Wildman–Crippen MR) is 117 cm³/mol. The maximum absolute atomic E-state index is 13.1. The van der Waals surface area contributed by atoms with Gasteiger partial charge in [0.1, 0.15) is 6.04 Å². The second kappa shape index (κ2) is 10.6. The van der Waals surface area contributed by atoms with Crippen LogP contribution in [0.25, 0.3) is 11.1 Å². The number of nitrogens with one attached hydrogen (secondary N) is 2. The third kappa shape index (κ3) is 6.76. The fourth-order valence-electron chi connectivity index (χ4n) is 4.21. The Kier molecular flexibility index (Phi) is 7.95. The lowest BCUT2D eigenvalue weighted by Crippen LogP contribution is -2.43. The number of halogens is 6. The Labute approximate surface area is 201 Å². The molecule has 0 saturated heterocycles. The van der Waals surface area contributed by atoms with E-state index in [1.165, 1.54) is 6.07 Å². The summed E-state index contributed by atoms with van der Waals surface area (Å²) in [7, 11) is 0. The van der Waals surface area contributed by atoms with Crippen LogP contribution in [0.15, 0.2) is 48.5 Å². The predicted octanol–water partition coefficient (Wildman–Crippen LogP) is 5.47. The Morgan fingerprint density at radius 2 is 1.39 bits per heavy atom. The highest BCUT2D eigenvalue weighted by Crippen LogP contribution is 2.38. The average molecular weight is 516 g/mol. The van der Waals surface area contributed by atoms with Gasteiger partial charge in [-0.2, -0.15) is 26.3 Å². The van der Waals surface area contributed by atoms with Crippen LogP contribution in [0.1, 0.15) is 37.3 Å². The summed E-state index contributed by atoms with van der Waals surface area (Å²) in [6.07, 6.45) is -14.9. The number of aliphatic carboxylic acids is 1. The summed E-state index contributed by atoms with van der Waals surface area (Å²) in [5.74, 6) is -7.83. The first-order chi connectivity index (χ1) is 16.8. The summed E-state index contributed by atoms with van der Waals surface area (Å²) < 4.78 is 77.0. The van der Waals surface area contributed by atoms with E-state index in [9.17, 15) is 45.8 Å². The van der Waals surface area contributed by atoms with E-state index in [2.05, 4.69) is 10.6 Å². The second-order valence-electron chi connectivity index (χ2n) is 8.42. The molecule has 1 aliphatic rings. The van der Waals surface area contributed by atoms with Gasteiger partial charge in [0, 0.05) is 24.1 Å². The zero-order valence-corrected chi connectivity index (χ0v) is 18.6. The number of alkyl halides is 6. The molecule has 1 aliphatic heterocycles. The molecule has 12 heteroatoms. The molecule has 3 atom stereocenters. The molecular weight excluding hydrogens is 494 g/mol. The first-order valence-corrected chi connectivity index (χ1v) is 10.9. The van der Waals surface area contributed by atoms with Gasteiger partial charge >= 0.3 is 18.3 Å². The molecule has 36 heavy (non-hydrogen) atoms. The van der Waals surface area contributed by atoms with Gasteiger partial charge in [-0.25, -0.2) is 0 Å². The van der Waals surface area contributed by atoms with Crippen molar-refractivity contribution in [1.82, 2.24) is 5.32 Å². The van der Waals surface area contributed by atoms with E-state index in [4.69, 9.17) is 0 Å². The van der Waals surface area contributed by atoms with E-state index in [-0.39, 0.29) is 0 Å². The lowest BCUT2D eigenvalue weighted by atomic mass is 9.83. The Bertz CT molecular complexity index is 1130. The first-order valence-electron chi connectivity index (χ1n) is 10.9. The lowest BCUT2D eigenvalue weighted by molar-refractivity contribution is -0.159. The van der Waals surface area contributed by atoms with Gasteiger partial charge in [0.05, 0.1) is 11.8 Å². The van der Waals surface area contributed by atoms with Crippen LogP contribution in [0.5, 0.6) is 0 Å². The number of carboxylic acids is 1. The average Bonchev–Trinajstić information content (AvgIpc) is 2.89. The van der Waals surface area contributed by atoms with Crippen molar-refractivity contribution in [2.45, 2.75) is 44.1 Å². The highest BCUT2D eigenvalue weighted by Gasteiger charge is 2.41. The highest BCUT2D eigenvalue weighted by molar-refractivity contribution is 6.04. The number of carboxylic acid groups (broad SMARTS) is 1. The molecule has 1 heterocycles. The van der Waals surface area contributed by atoms with Gasteiger partial charge in [0.25, 0.3) is 5.91 Å². The van der Waals surface area contributed by atoms with Gasteiger partial charge < -0.3 is 15.7 Å². The van der Waals surface area contributed by atoms with Crippen molar-refractivity contribution >= 4 is 23.5 Å². The van der Waals surface area contributed by atoms with E-state index in [0.717, 1.165) is 0 Å². The molecule has 2 aromatic rings. The van der Waals surface area contributed by atoms with E-state index in [1.807, 2.05) is 0 Å². The zero-order chi connectivity index (χ0) is 26.7. The van der Waals surface area contributed by atoms with Crippen LogP contribution in [0.2, 0.25) is 0 Å². The number of hydrogen-bond acceptors (Lipinski definition) is 3. The summed E-state index contributed by atoms with van der Waals surface area (Å²) in [4.78, 5) is 37.9. The molecular formula is C24H22F6N2O4. The maximum Gasteiger partial charge on any atom is 0.389 e. The molecule has 0 bridgehead atoms. The third-order valence-corrected chi connectivity index (χ3v) is 5.91. The van der Waals surface area contributed by atoms with Crippen LogP contribution in [0.3, 0.4) is 0 Å². The first kappa shape index (κ1) is 27.0.